The minimum Gasteiger partial charge on any atom is -0.355 e. The minimum absolute atomic E-state index is 0.681. The first-order chi connectivity index (χ1) is 8.08. The number of rotatable bonds is 2. The zero-order valence-electron chi connectivity index (χ0n) is 10.2. The van der Waals surface area contributed by atoms with Gasteiger partial charge in [-0.1, -0.05) is 11.6 Å². The van der Waals surface area contributed by atoms with Crippen LogP contribution in [-0.2, 0) is 0 Å². The lowest BCUT2D eigenvalue weighted by Crippen LogP contribution is -2.42. The molecule has 0 radical (unpaired) electrons. The van der Waals surface area contributed by atoms with E-state index < -0.39 is 0 Å². The summed E-state index contributed by atoms with van der Waals surface area (Å²) in [7, 11) is 4.29. The third-order valence-electron chi connectivity index (χ3n) is 3.28. The van der Waals surface area contributed by atoms with Gasteiger partial charge in [0, 0.05) is 29.8 Å². The van der Waals surface area contributed by atoms with E-state index in [1.165, 1.54) is 12.8 Å². The standard InChI is InChI=1S/C12H17BrClN3/c1-16(2)10-3-5-17(6-4-10)12-11(14)7-9(13)8-15-12/h7-8,10H,3-6H2,1-2H3. The van der Waals surface area contributed by atoms with Crippen LogP contribution in [0.4, 0.5) is 5.82 Å². The molecule has 0 atom stereocenters. The summed E-state index contributed by atoms with van der Waals surface area (Å²) >= 11 is 9.59. The molecule has 1 aromatic heterocycles. The predicted octanol–water partition coefficient (Wildman–Crippen LogP) is 3.03. The van der Waals surface area contributed by atoms with E-state index >= 15 is 0 Å². The van der Waals surface area contributed by atoms with Gasteiger partial charge < -0.3 is 9.80 Å². The highest BCUT2D eigenvalue weighted by molar-refractivity contribution is 9.10. The van der Waals surface area contributed by atoms with Gasteiger partial charge in [0.25, 0.3) is 0 Å². The summed E-state index contributed by atoms with van der Waals surface area (Å²) in [5.74, 6) is 0.909. The van der Waals surface area contributed by atoms with Crippen molar-refractivity contribution in [3.05, 3.63) is 21.8 Å². The average Bonchev–Trinajstić information content (AvgIpc) is 2.29. The Balaban J connectivity index is 2.05. The van der Waals surface area contributed by atoms with E-state index in [1.807, 2.05) is 6.07 Å². The van der Waals surface area contributed by atoms with Gasteiger partial charge in [0.05, 0.1) is 5.02 Å². The molecule has 0 aromatic carbocycles. The van der Waals surface area contributed by atoms with Crippen LogP contribution in [0.5, 0.6) is 0 Å². The number of halogens is 2. The zero-order valence-corrected chi connectivity index (χ0v) is 12.5. The van der Waals surface area contributed by atoms with E-state index in [-0.39, 0.29) is 0 Å². The van der Waals surface area contributed by atoms with Gasteiger partial charge in [-0.05, 0) is 48.9 Å². The fourth-order valence-electron chi connectivity index (χ4n) is 2.23. The first kappa shape index (κ1) is 13.1. The van der Waals surface area contributed by atoms with Crippen LogP contribution in [0.3, 0.4) is 0 Å². The number of aromatic nitrogens is 1. The Kier molecular flexibility index (Phi) is 4.28. The number of hydrogen-bond acceptors (Lipinski definition) is 3. The largest absolute Gasteiger partial charge is 0.355 e. The molecule has 0 saturated carbocycles. The fraction of sp³-hybridized carbons (Fsp3) is 0.583. The topological polar surface area (TPSA) is 19.4 Å². The molecule has 0 bridgehead atoms. The summed E-state index contributed by atoms with van der Waals surface area (Å²) in [4.78, 5) is 8.98. The molecule has 2 heterocycles. The zero-order chi connectivity index (χ0) is 12.4. The smallest absolute Gasteiger partial charge is 0.147 e. The normalized spacial score (nSPS) is 17.8. The first-order valence-electron chi connectivity index (χ1n) is 5.80. The molecule has 1 aromatic rings. The highest BCUT2D eigenvalue weighted by atomic mass is 79.9. The second-order valence-corrected chi connectivity index (χ2v) is 5.96. The number of pyridine rings is 1. The minimum atomic E-state index is 0.681. The molecule has 1 saturated heterocycles. The molecule has 5 heteroatoms. The van der Waals surface area contributed by atoms with Crippen LogP contribution < -0.4 is 4.90 Å². The van der Waals surface area contributed by atoms with E-state index in [9.17, 15) is 0 Å². The van der Waals surface area contributed by atoms with Crippen LogP contribution in [0.25, 0.3) is 0 Å². The molecule has 1 aliphatic rings. The molecule has 1 fully saturated rings. The maximum atomic E-state index is 6.22. The van der Waals surface area contributed by atoms with Crippen LogP contribution >= 0.6 is 27.5 Å². The van der Waals surface area contributed by atoms with Crippen molar-refractivity contribution in [3.63, 3.8) is 0 Å². The highest BCUT2D eigenvalue weighted by Crippen LogP contribution is 2.28. The van der Waals surface area contributed by atoms with Crippen molar-refractivity contribution in [3.8, 4) is 0 Å². The fourth-order valence-corrected chi connectivity index (χ4v) is 2.98. The lowest BCUT2D eigenvalue weighted by molar-refractivity contribution is 0.249. The third kappa shape index (κ3) is 3.12. The van der Waals surface area contributed by atoms with Crippen molar-refractivity contribution < 1.29 is 0 Å². The lowest BCUT2D eigenvalue weighted by Gasteiger charge is -2.36. The van der Waals surface area contributed by atoms with Crippen LogP contribution in [-0.4, -0.2) is 43.1 Å². The molecule has 1 aliphatic heterocycles. The van der Waals surface area contributed by atoms with E-state index in [0.29, 0.717) is 6.04 Å². The summed E-state index contributed by atoms with van der Waals surface area (Å²) < 4.78 is 0.925. The molecule has 0 aliphatic carbocycles. The van der Waals surface area contributed by atoms with Crippen molar-refractivity contribution in [2.75, 3.05) is 32.1 Å². The summed E-state index contributed by atoms with van der Waals surface area (Å²) in [6.45, 7) is 2.05. The summed E-state index contributed by atoms with van der Waals surface area (Å²) in [5, 5.41) is 0.725. The summed E-state index contributed by atoms with van der Waals surface area (Å²) in [5.41, 5.74) is 0. The third-order valence-corrected chi connectivity index (χ3v) is 3.99. The molecule has 0 amide bonds. The Labute approximate surface area is 116 Å². The average molecular weight is 319 g/mol. The van der Waals surface area contributed by atoms with Gasteiger partial charge in [-0.25, -0.2) is 4.98 Å². The van der Waals surface area contributed by atoms with E-state index in [0.717, 1.165) is 28.4 Å². The molecule has 94 valence electrons. The van der Waals surface area contributed by atoms with Crippen LogP contribution in [0.1, 0.15) is 12.8 Å². The van der Waals surface area contributed by atoms with Gasteiger partial charge in [0.15, 0.2) is 0 Å². The summed E-state index contributed by atoms with van der Waals surface area (Å²) in [6.07, 6.45) is 4.14. The Hall–Kier alpha value is -0.320. The number of piperidine rings is 1. The van der Waals surface area contributed by atoms with E-state index in [1.54, 1.807) is 6.20 Å². The molecule has 17 heavy (non-hydrogen) atoms. The molecular weight excluding hydrogens is 302 g/mol. The summed E-state index contributed by atoms with van der Waals surface area (Å²) in [6, 6.07) is 2.59. The number of anilines is 1. The van der Waals surface area contributed by atoms with Gasteiger partial charge >= 0.3 is 0 Å². The Morgan fingerprint density at radius 3 is 2.59 bits per heavy atom. The number of hydrogen-bond donors (Lipinski definition) is 0. The maximum Gasteiger partial charge on any atom is 0.147 e. The van der Waals surface area contributed by atoms with Gasteiger partial charge in [-0.15, -0.1) is 0 Å². The van der Waals surface area contributed by atoms with Crippen LogP contribution in [0, 0.1) is 0 Å². The molecule has 0 spiro atoms. The number of nitrogens with zero attached hydrogens (tertiary/aromatic N) is 3. The molecule has 0 N–H and O–H groups in total. The highest BCUT2D eigenvalue weighted by Gasteiger charge is 2.22. The quantitative estimate of drug-likeness (QED) is 0.835. The lowest BCUT2D eigenvalue weighted by atomic mass is 10.0. The van der Waals surface area contributed by atoms with Gasteiger partial charge in [-0.3, -0.25) is 0 Å². The van der Waals surface area contributed by atoms with Crippen LogP contribution in [0.2, 0.25) is 5.02 Å². The maximum absolute atomic E-state index is 6.22. The SMILES string of the molecule is CN(C)C1CCN(c2ncc(Br)cc2Cl)CC1. The Morgan fingerprint density at radius 2 is 2.06 bits per heavy atom. The first-order valence-corrected chi connectivity index (χ1v) is 6.97. The van der Waals surface area contributed by atoms with Crippen LogP contribution in [0.15, 0.2) is 16.7 Å². The Morgan fingerprint density at radius 1 is 1.41 bits per heavy atom. The second kappa shape index (κ2) is 5.55. The molecule has 0 unspecified atom stereocenters. The van der Waals surface area contributed by atoms with Gasteiger partial charge in [0.1, 0.15) is 5.82 Å². The van der Waals surface area contributed by atoms with E-state index in [2.05, 4.69) is 44.8 Å². The van der Waals surface area contributed by atoms with Crippen molar-refractivity contribution in [1.82, 2.24) is 9.88 Å². The van der Waals surface area contributed by atoms with Crippen molar-refractivity contribution >= 4 is 33.3 Å². The Bertz CT molecular complexity index is 389. The van der Waals surface area contributed by atoms with E-state index in [4.69, 9.17) is 11.6 Å². The van der Waals surface area contributed by atoms with Gasteiger partial charge in [-0.2, -0.15) is 0 Å². The molecular formula is C12H17BrClN3. The predicted molar refractivity (Wildman–Crippen MR) is 75.9 cm³/mol. The molecule has 3 nitrogen and oxygen atoms in total. The van der Waals surface area contributed by atoms with Gasteiger partial charge in [0.2, 0.25) is 0 Å². The van der Waals surface area contributed by atoms with Crippen molar-refractivity contribution in [1.29, 1.82) is 0 Å². The second-order valence-electron chi connectivity index (χ2n) is 4.64. The van der Waals surface area contributed by atoms with Crippen molar-refractivity contribution in [2.24, 2.45) is 0 Å². The molecule has 2 rings (SSSR count). The monoisotopic (exact) mass is 317 g/mol. The van der Waals surface area contributed by atoms with Crippen molar-refractivity contribution in [2.45, 2.75) is 18.9 Å².